The molecule has 5 aromatic rings. The van der Waals surface area contributed by atoms with Crippen LogP contribution in [0.5, 0.6) is 0 Å². The number of H-pyrrole nitrogens is 1. The van der Waals surface area contributed by atoms with Crippen molar-refractivity contribution in [2.24, 2.45) is 0 Å². The Labute approximate surface area is 213 Å². The van der Waals surface area contributed by atoms with Gasteiger partial charge in [-0.1, -0.05) is 17.7 Å². The molecule has 3 heterocycles. The van der Waals surface area contributed by atoms with Crippen molar-refractivity contribution < 1.29 is 18.0 Å². The zero-order valence-electron chi connectivity index (χ0n) is 19.1. The van der Waals surface area contributed by atoms with E-state index in [4.69, 9.17) is 11.6 Å². The molecule has 0 fully saturated rings. The number of amides is 1. The summed E-state index contributed by atoms with van der Waals surface area (Å²) in [5.41, 5.74) is 2.97. The Morgan fingerprint density at radius 2 is 1.86 bits per heavy atom. The summed E-state index contributed by atoms with van der Waals surface area (Å²) in [7, 11) is 0. The molecule has 0 radical (unpaired) electrons. The Morgan fingerprint density at radius 1 is 1.03 bits per heavy atom. The predicted molar refractivity (Wildman–Crippen MR) is 134 cm³/mol. The van der Waals surface area contributed by atoms with Crippen LogP contribution in [-0.2, 0) is 6.18 Å². The molecule has 0 spiro atoms. The van der Waals surface area contributed by atoms with Crippen molar-refractivity contribution in [2.75, 3.05) is 10.6 Å². The van der Waals surface area contributed by atoms with Crippen LogP contribution in [-0.4, -0.2) is 30.8 Å². The molecule has 8 nitrogen and oxygen atoms in total. The molecule has 0 aliphatic carbocycles. The Kier molecular flexibility index (Phi) is 6.22. The molecule has 12 heteroatoms. The van der Waals surface area contributed by atoms with Crippen molar-refractivity contribution in [3.05, 3.63) is 89.1 Å². The normalized spacial score (nSPS) is 11.5. The van der Waals surface area contributed by atoms with Crippen molar-refractivity contribution in [1.82, 2.24) is 24.9 Å². The van der Waals surface area contributed by atoms with E-state index in [-0.39, 0.29) is 11.3 Å². The summed E-state index contributed by atoms with van der Waals surface area (Å²) in [4.78, 5) is 33.0. The zero-order valence-corrected chi connectivity index (χ0v) is 19.8. The first-order chi connectivity index (χ1) is 17.7. The molecule has 37 heavy (non-hydrogen) atoms. The van der Waals surface area contributed by atoms with Gasteiger partial charge in [-0.3, -0.25) is 4.79 Å². The number of aromatic nitrogens is 5. The standard InChI is InChI=1S/C25H17ClF3N7O/c1-13-4-5-14(24(37)35-15-6-7-18(26)17(10-15)25(27,28)29)9-19(13)36-22-16(3-2-8-30-22)20-21-23(33-11-31-20)34-12-32-21/h2-12H,1H3,(H,30,36)(H,35,37)(H,31,32,33,34). The highest BCUT2D eigenvalue weighted by atomic mass is 35.5. The summed E-state index contributed by atoms with van der Waals surface area (Å²) in [5, 5.41) is 5.28. The van der Waals surface area contributed by atoms with Gasteiger partial charge in [0.2, 0.25) is 0 Å². The first-order valence-electron chi connectivity index (χ1n) is 10.9. The van der Waals surface area contributed by atoms with E-state index < -0.39 is 22.7 Å². The number of pyridine rings is 1. The third-order valence-electron chi connectivity index (χ3n) is 5.57. The number of anilines is 3. The largest absolute Gasteiger partial charge is 0.417 e. The van der Waals surface area contributed by atoms with Gasteiger partial charge < -0.3 is 15.6 Å². The number of nitrogens with one attached hydrogen (secondary N) is 3. The number of halogens is 4. The average molecular weight is 524 g/mol. The second-order valence-corrected chi connectivity index (χ2v) is 8.43. The second-order valence-electron chi connectivity index (χ2n) is 8.02. The summed E-state index contributed by atoms with van der Waals surface area (Å²) in [6.45, 7) is 1.85. The molecule has 1 amide bonds. The zero-order chi connectivity index (χ0) is 26.2. The summed E-state index contributed by atoms with van der Waals surface area (Å²) < 4.78 is 39.6. The second kappa shape index (κ2) is 9.51. The molecule has 186 valence electrons. The molecule has 3 aromatic heterocycles. The summed E-state index contributed by atoms with van der Waals surface area (Å²) in [5.74, 6) is -0.111. The van der Waals surface area contributed by atoms with Gasteiger partial charge in [0, 0.05) is 28.7 Å². The van der Waals surface area contributed by atoms with Crippen molar-refractivity contribution in [3.8, 4) is 11.3 Å². The fourth-order valence-corrected chi connectivity index (χ4v) is 3.94. The number of rotatable bonds is 5. The number of alkyl halides is 3. The quantitative estimate of drug-likeness (QED) is 0.246. The number of aryl methyl sites for hydroxylation is 1. The molecule has 2 aromatic carbocycles. The molecule has 0 atom stereocenters. The van der Waals surface area contributed by atoms with Gasteiger partial charge >= 0.3 is 6.18 Å². The minimum absolute atomic E-state index is 0.0313. The van der Waals surface area contributed by atoms with E-state index in [9.17, 15) is 18.0 Å². The maximum Gasteiger partial charge on any atom is 0.417 e. The lowest BCUT2D eigenvalue weighted by atomic mass is 10.1. The van der Waals surface area contributed by atoms with Crippen molar-refractivity contribution in [2.45, 2.75) is 13.1 Å². The maximum atomic E-state index is 13.2. The molecule has 0 aliphatic heterocycles. The van der Waals surface area contributed by atoms with Gasteiger partial charge in [0.25, 0.3) is 5.91 Å². The fraction of sp³-hybridized carbons (Fsp3) is 0.0800. The molecule has 0 saturated carbocycles. The number of aromatic amines is 1. The lowest BCUT2D eigenvalue weighted by Gasteiger charge is -2.15. The number of imidazole rings is 1. The van der Waals surface area contributed by atoms with Gasteiger partial charge in [0.15, 0.2) is 5.65 Å². The molecular formula is C25H17ClF3N7O. The van der Waals surface area contributed by atoms with Crippen LogP contribution in [0.15, 0.2) is 67.4 Å². The van der Waals surface area contributed by atoms with Crippen molar-refractivity contribution in [3.63, 3.8) is 0 Å². The van der Waals surface area contributed by atoms with Crippen LogP contribution in [0.1, 0.15) is 21.5 Å². The number of fused-ring (bicyclic) bond motifs is 1. The highest BCUT2D eigenvalue weighted by Gasteiger charge is 2.33. The summed E-state index contributed by atoms with van der Waals surface area (Å²) in [6.07, 6.45) is -0.101. The molecule has 0 aliphatic rings. The number of benzene rings is 2. The van der Waals surface area contributed by atoms with Crippen LogP contribution in [0.25, 0.3) is 22.4 Å². The van der Waals surface area contributed by atoms with Crippen LogP contribution >= 0.6 is 11.6 Å². The van der Waals surface area contributed by atoms with Gasteiger partial charge in [-0.25, -0.2) is 19.9 Å². The minimum atomic E-state index is -4.65. The molecule has 5 rings (SSSR count). The molecule has 0 saturated heterocycles. The van der Waals surface area contributed by atoms with E-state index in [1.807, 2.05) is 13.0 Å². The Hall–Kier alpha value is -4.51. The highest BCUT2D eigenvalue weighted by Crippen LogP contribution is 2.36. The van der Waals surface area contributed by atoms with E-state index >= 15 is 0 Å². The third-order valence-corrected chi connectivity index (χ3v) is 5.90. The Bertz CT molecular complexity index is 1630. The van der Waals surface area contributed by atoms with Crippen molar-refractivity contribution >= 4 is 45.9 Å². The third kappa shape index (κ3) is 4.94. The lowest BCUT2D eigenvalue weighted by molar-refractivity contribution is -0.137. The SMILES string of the molecule is Cc1ccc(C(=O)Nc2ccc(Cl)c(C(F)(F)F)c2)cc1Nc1ncccc1-c1ncnc2nc[nH]c12. The average Bonchev–Trinajstić information content (AvgIpc) is 3.35. The van der Waals surface area contributed by atoms with Crippen molar-refractivity contribution in [1.29, 1.82) is 0 Å². The lowest BCUT2D eigenvalue weighted by Crippen LogP contribution is -2.14. The monoisotopic (exact) mass is 523 g/mol. The maximum absolute atomic E-state index is 13.2. The Morgan fingerprint density at radius 3 is 2.68 bits per heavy atom. The van der Waals surface area contributed by atoms with Crippen LogP contribution < -0.4 is 10.6 Å². The number of nitrogens with zero attached hydrogens (tertiary/aromatic N) is 4. The summed E-state index contributed by atoms with van der Waals surface area (Å²) >= 11 is 5.67. The highest BCUT2D eigenvalue weighted by molar-refractivity contribution is 6.31. The molecule has 0 bridgehead atoms. The number of hydrogen-bond acceptors (Lipinski definition) is 6. The van der Waals surface area contributed by atoms with Gasteiger partial charge in [-0.05, 0) is 55.0 Å². The van der Waals surface area contributed by atoms with Gasteiger partial charge in [-0.2, -0.15) is 13.2 Å². The van der Waals surface area contributed by atoms with Crippen LogP contribution in [0.3, 0.4) is 0 Å². The molecular weight excluding hydrogens is 507 g/mol. The van der Waals surface area contributed by atoms with Crippen LogP contribution in [0, 0.1) is 6.92 Å². The molecule has 3 N–H and O–H groups in total. The topological polar surface area (TPSA) is 108 Å². The minimum Gasteiger partial charge on any atom is -0.341 e. The fourth-order valence-electron chi connectivity index (χ4n) is 3.71. The number of carbonyl (C=O) groups is 1. The number of carbonyl (C=O) groups excluding carboxylic acids is 1. The molecule has 0 unspecified atom stereocenters. The smallest absolute Gasteiger partial charge is 0.341 e. The first-order valence-corrected chi connectivity index (χ1v) is 11.2. The number of hydrogen-bond donors (Lipinski definition) is 3. The van der Waals surface area contributed by atoms with E-state index in [1.165, 1.54) is 18.7 Å². The van der Waals surface area contributed by atoms with Crippen LogP contribution in [0.4, 0.5) is 30.4 Å². The van der Waals surface area contributed by atoms with Gasteiger partial charge in [0.05, 0.1) is 16.9 Å². The Balaban J connectivity index is 1.44. The predicted octanol–water partition coefficient (Wildman–Crippen LogP) is 6.39. The van der Waals surface area contributed by atoms with Crippen LogP contribution in [0.2, 0.25) is 5.02 Å². The first kappa shape index (κ1) is 24.2. The van der Waals surface area contributed by atoms with Gasteiger partial charge in [-0.15, -0.1) is 0 Å². The van der Waals surface area contributed by atoms with E-state index in [0.29, 0.717) is 33.9 Å². The van der Waals surface area contributed by atoms with E-state index in [1.54, 1.807) is 30.5 Å². The van der Waals surface area contributed by atoms with E-state index in [2.05, 4.69) is 35.6 Å². The summed E-state index contributed by atoms with van der Waals surface area (Å²) in [6, 6.07) is 11.7. The van der Waals surface area contributed by atoms with E-state index in [0.717, 1.165) is 17.7 Å². The van der Waals surface area contributed by atoms with Gasteiger partial charge in [0.1, 0.15) is 23.4 Å².